The van der Waals surface area contributed by atoms with Crippen LogP contribution < -0.4 is 17.0 Å². The number of aryl methyl sites for hydroxylation is 1. The molecule has 6 nitrogen and oxygen atoms in total. The topological polar surface area (TPSA) is 93.8 Å². The van der Waals surface area contributed by atoms with Gasteiger partial charge in [-0.05, 0) is 19.1 Å². The fraction of sp³-hybridized carbons (Fsp3) is 0.182. The molecule has 17 heavy (non-hydrogen) atoms. The van der Waals surface area contributed by atoms with Crippen LogP contribution in [0.1, 0.15) is 11.4 Å². The zero-order chi connectivity index (χ0) is 12.4. The highest BCUT2D eigenvalue weighted by atomic mass is 16.2. The molecule has 6 heteroatoms. The molecular weight excluding hydrogens is 220 g/mol. The molecule has 2 aromatic heterocycles. The maximum atomic E-state index is 11.5. The van der Waals surface area contributed by atoms with Crippen LogP contribution in [0.3, 0.4) is 0 Å². The summed E-state index contributed by atoms with van der Waals surface area (Å²) in [6.07, 6.45) is 0. The van der Waals surface area contributed by atoms with Crippen LogP contribution in [0.4, 0.5) is 5.82 Å². The lowest BCUT2D eigenvalue weighted by Gasteiger charge is -2.07. The third-order valence-corrected chi connectivity index (χ3v) is 2.33. The number of nitrogens with one attached hydrogen (secondary N) is 1. The summed E-state index contributed by atoms with van der Waals surface area (Å²) in [5.41, 5.74) is 6.17. The van der Waals surface area contributed by atoms with Crippen molar-refractivity contribution in [1.82, 2.24) is 14.5 Å². The van der Waals surface area contributed by atoms with E-state index >= 15 is 0 Å². The second-order valence-corrected chi connectivity index (χ2v) is 3.72. The minimum atomic E-state index is -0.529. The van der Waals surface area contributed by atoms with Crippen LogP contribution in [0.5, 0.6) is 0 Å². The Morgan fingerprint density at radius 1 is 1.41 bits per heavy atom. The van der Waals surface area contributed by atoms with Crippen LogP contribution in [-0.2, 0) is 6.54 Å². The normalized spacial score (nSPS) is 10.4. The molecule has 3 N–H and O–H groups in total. The minimum absolute atomic E-state index is 0.127. The summed E-state index contributed by atoms with van der Waals surface area (Å²) in [7, 11) is 0. The summed E-state index contributed by atoms with van der Waals surface area (Å²) in [6.45, 7) is 2.10. The van der Waals surface area contributed by atoms with Gasteiger partial charge >= 0.3 is 5.69 Å². The maximum Gasteiger partial charge on any atom is 0.330 e. The molecule has 0 radical (unpaired) electrons. The number of aromatic nitrogens is 3. The number of aromatic amines is 1. The first kappa shape index (κ1) is 11.1. The van der Waals surface area contributed by atoms with Crippen molar-refractivity contribution in [3.05, 3.63) is 56.5 Å². The Labute approximate surface area is 96.8 Å². The first-order valence-electron chi connectivity index (χ1n) is 5.08. The van der Waals surface area contributed by atoms with E-state index in [0.29, 0.717) is 5.69 Å². The zero-order valence-corrected chi connectivity index (χ0v) is 9.30. The lowest BCUT2D eigenvalue weighted by atomic mass is 10.3. The molecule has 2 heterocycles. The van der Waals surface area contributed by atoms with Crippen molar-refractivity contribution in [3.8, 4) is 0 Å². The number of pyridine rings is 1. The van der Waals surface area contributed by atoms with E-state index in [-0.39, 0.29) is 12.4 Å². The zero-order valence-electron chi connectivity index (χ0n) is 9.30. The molecule has 0 saturated heterocycles. The summed E-state index contributed by atoms with van der Waals surface area (Å²) in [6, 6.07) is 6.69. The molecule has 0 saturated carbocycles. The summed E-state index contributed by atoms with van der Waals surface area (Å²) < 4.78 is 1.27. The van der Waals surface area contributed by atoms with Crippen molar-refractivity contribution in [3.63, 3.8) is 0 Å². The van der Waals surface area contributed by atoms with E-state index in [9.17, 15) is 9.59 Å². The molecule has 0 aromatic carbocycles. The van der Waals surface area contributed by atoms with Crippen molar-refractivity contribution in [2.24, 2.45) is 0 Å². The molecule has 0 amide bonds. The molecule has 0 aliphatic carbocycles. The van der Waals surface area contributed by atoms with Crippen LogP contribution in [0, 0.1) is 6.92 Å². The van der Waals surface area contributed by atoms with Crippen molar-refractivity contribution in [2.45, 2.75) is 13.5 Å². The van der Waals surface area contributed by atoms with E-state index in [2.05, 4.69) is 9.97 Å². The van der Waals surface area contributed by atoms with Crippen molar-refractivity contribution < 1.29 is 0 Å². The molecule has 0 unspecified atom stereocenters. The van der Waals surface area contributed by atoms with Gasteiger partial charge in [0.15, 0.2) is 0 Å². The highest BCUT2D eigenvalue weighted by Gasteiger charge is 2.04. The molecule has 2 rings (SSSR count). The van der Waals surface area contributed by atoms with Crippen LogP contribution >= 0.6 is 0 Å². The van der Waals surface area contributed by atoms with Crippen molar-refractivity contribution >= 4 is 5.82 Å². The molecule has 2 aromatic rings. The quantitative estimate of drug-likeness (QED) is 0.754. The number of rotatable bonds is 2. The number of H-pyrrole nitrogens is 1. The van der Waals surface area contributed by atoms with E-state index in [0.717, 1.165) is 5.69 Å². The summed E-state index contributed by atoms with van der Waals surface area (Å²) in [5, 5.41) is 0. The molecule has 0 fully saturated rings. The first-order chi connectivity index (χ1) is 8.06. The lowest BCUT2D eigenvalue weighted by Crippen LogP contribution is -2.31. The van der Waals surface area contributed by atoms with Gasteiger partial charge in [0.1, 0.15) is 5.82 Å². The van der Waals surface area contributed by atoms with Gasteiger partial charge in [-0.1, -0.05) is 6.07 Å². The molecule has 88 valence electrons. The monoisotopic (exact) mass is 232 g/mol. The van der Waals surface area contributed by atoms with Gasteiger partial charge in [0.25, 0.3) is 5.56 Å². The first-order valence-corrected chi connectivity index (χ1v) is 5.08. The fourth-order valence-corrected chi connectivity index (χ4v) is 1.55. The van der Waals surface area contributed by atoms with Gasteiger partial charge in [-0.25, -0.2) is 4.79 Å². The SMILES string of the molecule is Cc1cccc(Cn2c(N)cc(=O)[nH]c2=O)n1. The average molecular weight is 232 g/mol. The number of nitrogen functional groups attached to an aromatic ring is 1. The molecule has 0 bridgehead atoms. The second-order valence-electron chi connectivity index (χ2n) is 3.72. The van der Waals surface area contributed by atoms with Gasteiger partial charge in [-0.15, -0.1) is 0 Å². The maximum absolute atomic E-state index is 11.5. The number of nitrogens with two attached hydrogens (primary N) is 1. The lowest BCUT2D eigenvalue weighted by molar-refractivity contribution is 0.714. The van der Waals surface area contributed by atoms with E-state index in [1.807, 2.05) is 19.1 Å². The number of anilines is 1. The van der Waals surface area contributed by atoms with Crippen LogP contribution in [-0.4, -0.2) is 14.5 Å². The molecular formula is C11H12N4O2. The Hall–Kier alpha value is -2.37. The molecule has 0 spiro atoms. The minimum Gasteiger partial charge on any atom is -0.385 e. The smallest absolute Gasteiger partial charge is 0.330 e. The van der Waals surface area contributed by atoms with Gasteiger partial charge < -0.3 is 5.73 Å². The third kappa shape index (κ3) is 2.41. The van der Waals surface area contributed by atoms with E-state index in [1.54, 1.807) is 6.07 Å². The standard InChI is InChI=1S/C11H12N4O2/c1-7-3-2-4-8(13-7)6-15-9(12)5-10(16)14-11(15)17/h2-5H,6,12H2,1H3,(H,14,16,17). The second kappa shape index (κ2) is 4.25. The van der Waals surface area contributed by atoms with Crippen LogP contribution in [0.15, 0.2) is 33.9 Å². The Balaban J connectivity index is 2.43. The predicted octanol–water partition coefficient (Wildman–Crippen LogP) is -0.129. The van der Waals surface area contributed by atoms with Gasteiger partial charge in [0.05, 0.1) is 12.2 Å². The van der Waals surface area contributed by atoms with Crippen LogP contribution in [0.2, 0.25) is 0 Å². The summed E-state index contributed by atoms with van der Waals surface area (Å²) in [5.74, 6) is 0.127. The van der Waals surface area contributed by atoms with Crippen molar-refractivity contribution in [1.29, 1.82) is 0 Å². The van der Waals surface area contributed by atoms with Gasteiger partial charge in [-0.3, -0.25) is 19.3 Å². The number of hydrogen-bond donors (Lipinski definition) is 2. The third-order valence-electron chi connectivity index (χ3n) is 2.33. The number of nitrogens with zero attached hydrogens (tertiary/aromatic N) is 2. The Bertz CT molecular complexity index is 657. The Morgan fingerprint density at radius 3 is 2.82 bits per heavy atom. The Kier molecular flexibility index (Phi) is 2.78. The number of hydrogen-bond acceptors (Lipinski definition) is 4. The average Bonchev–Trinajstić information content (AvgIpc) is 2.23. The van der Waals surface area contributed by atoms with Crippen LogP contribution in [0.25, 0.3) is 0 Å². The van der Waals surface area contributed by atoms with Gasteiger partial charge in [0, 0.05) is 11.8 Å². The molecule has 0 aliphatic rings. The Morgan fingerprint density at radius 2 is 2.18 bits per heavy atom. The van der Waals surface area contributed by atoms with E-state index < -0.39 is 11.2 Å². The molecule has 0 atom stereocenters. The van der Waals surface area contributed by atoms with Crippen molar-refractivity contribution in [2.75, 3.05) is 5.73 Å². The van der Waals surface area contributed by atoms with Gasteiger partial charge in [0.2, 0.25) is 0 Å². The fourth-order valence-electron chi connectivity index (χ4n) is 1.55. The summed E-state index contributed by atoms with van der Waals surface area (Å²) in [4.78, 5) is 29.0. The predicted molar refractivity (Wildman–Crippen MR) is 63.8 cm³/mol. The van der Waals surface area contributed by atoms with E-state index in [1.165, 1.54) is 10.6 Å². The summed E-state index contributed by atoms with van der Waals surface area (Å²) >= 11 is 0. The highest BCUT2D eigenvalue weighted by molar-refractivity contribution is 5.27. The highest BCUT2D eigenvalue weighted by Crippen LogP contribution is 2.02. The van der Waals surface area contributed by atoms with Gasteiger partial charge in [-0.2, -0.15) is 0 Å². The molecule has 0 aliphatic heterocycles. The largest absolute Gasteiger partial charge is 0.385 e. The van der Waals surface area contributed by atoms with E-state index in [4.69, 9.17) is 5.73 Å².